The summed E-state index contributed by atoms with van der Waals surface area (Å²) in [6.45, 7) is 5.34. The van der Waals surface area contributed by atoms with Crippen LogP contribution in [0.2, 0.25) is 0 Å². The molecule has 0 bridgehead atoms. The first-order chi connectivity index (χ1) is 10.4. The molecule has 1 aliphatic rings. The van der Waals surface area contributed by atoms with Crippen molar-refractivity contribution in [3.8, 4) is 0 Å². The van der Waals surface area contributed by atoms with E-state index in [1.165, 1.54) is 12.1 Å². The highest BCUT2D eigenvalue weighted by Crippen LogP contribution is 2.28. The molecule has 1 N–H and O–H groups in total. The average Bonchev–Trinajstić information content (AvgIpc) is 2.46. The summed E-state index contributed by atoms with van der Waals surface area (Å²) in [5.41, 5.74) is 1.03. The number of nitrogens with one attached hydrogen (secondary N) is 1. The first-order valence-corrected chi connectivity index (χ1v) is 7.24. The Morgan fingerprint density at radius 1 is 1.41 bits per heavy atom. The number of hydrogen-bond acceptors (Lipinski definition) is 3. The summed E-state index contributed by atoms with van der Waals surface area (Å²) in [6.07, 6.45) is 0.481. The molecule has 0 radical (unpaired) electrons. The van der Waals surface area contributed by atoms with Gasteiger partial charge in [0.25, 0.3) is 0 Å². The Balaban J connectivity index is 2.32. The average molecular weight is 306 g/mol. The molecule has 118 valence electrons. The molecule has 0 saturated carbocycles. The number of benzene rings is 1. The maximum absolute atomic E-state index is 13.1. The lowest BCUT2D eigenvalue weighted by Gasteiger charge is -2.30. The van der Waals surface area contributed by atoms with Crippen LogP contribution in [0.4, 0.5) is 9.18 Å². The van der Waals surface area contributed by atoms with Gasteiger partial charge < -0.3 is 10.1 Å². The normalized spacial score (nSPS) is 22.5. The molecule has 3 unspecified atom stereocenters. The summed E-state index contributed by atoms with van der Waals surface area (Å²) in [4.78, 5) is 27.9. The van der Waals surface area contributed by atoms with Gasteiger partial charge in [0.05, 0.1) is 12.1 Å². The second kappa shape index (κ2) is 6.68. The van der Waals surface area contributed by atoms with E-state index in [0.717, 1.165) is 0 Å². The first kappa shape index (κ1) is 16.1. The molecule has 0 aliphatic carbocycles. The molecule has 0 fully saturated rings. The third-order valence-corrected chi connectivity index (χ3v) is 3.72. The topological polar surface area (TPSA) is 67.8 Å². The van der Waals surface area contributed by atoms with Gasteiger partial charge in [0, 0.05) is 5.71 Å². The molecule has 2 amide bonds. The molecule has 5 nitrogen and oxygen atoms in total. The molecule has 0 spiro atoms. The predicted molar refractivity (Wildman–Crippen MR) is 80.1 cm³/mol. The molecule has 22 heavy (non-hydrogen) atoms. The predicted octanol–water partition coefficient (Wildman–Crippen LogP) is 3.01. The molecule has 0 saturated heterocycles. The number of nitrogens with zero attached hydrogens (tertiary/aromatic N) is 1. The van der Waals surface area contributed by atoms with Crippen LogP contribution in [0, 0.1) is 11.7 Å². The van der Waals surface area contributed by atoms with Crippen LogP contribution in [0.15, 0.2) is 29.3 Å². The van der Waals surface area contributed by atoms with E-state index in [1.807, 2.05) is 6.92 Å². The Kier molecular flexibility index (Phi) is 4.90. The summed E-state index contributed by atoms with van der Waals surface area (Å²) in [7, 11) is 0. The van der Waals surface area contributed by atoms with E-state index < -0.39 is 24.0 Å². The highest BCUT2D eigenvalue weighted by Gasteiger charge is 2.38. The second-order valence-electron chi connectivity index (χ2n) is 5.37. The largest absolute Gasteiger partial charge is 0.462 e. The van der Waals surface area contributed by atoms with Gasteiger partial charge in [-0.2, -0.15) is 0 Å². The van der Waals surface area contributed by atoms with Crippen LogP contribution in [-0.4, -0.2) is 23.8 Å². The minimum Gasteiger partial charge on any atom is -0.462 e. The van der Waals surface area contributed by atoms with E-state index in [9.17, 15) is 14.0 Å². The minimum atomic E-state index is -0.711. The molecule has 6 heteroatoms. The van der Waals surface area contributed by atoms with Crippen LogP contribution < -0.4 is 5.32 Å². The monoisotopic (exact) mass is 306 g/mol. The number of amides is 2. The zero-order valence-electron chi connectivity index (χ0n) is 12.8. The molecule has 2 rings (SSSR count). The van der Waals surface area contributed by atoms with Gasteiger partial charge in [0.2, 0.25) is 0 Å². The molecule has 1 aromatic rings. The number of ether oxygens (including phenoxy) is 1. The minimum absolute atomic E-state index is 0.216. The van der Waals surface area contributed by atoms with Gasteiger partial charge >= 0.3 is 12.0 Å². The van der Waals surface area contributed by atoms with Crippen LogP contribution in [0.3, 0.4) is 0 Å². The Bertz CT molecular complexity index is 598. The summed E-state index contributed by atoms with van der Waals surface area (Å²) >= 11 is 0. The van der Waals surface area contributed by atoms with Crippen molar-refractivity contribution < 1.29 is 18.7 Å². The lowest BCUT2D eigenvalue weighted by molar-refractivity contribution is -0.151. The van der Waals surface area contributed by atoms with Gasteiger partial charge in [-0.3, -0.25) is 4.79 Å². The Morgan fingerprint density at radius 2 is 2.05 bits per heavy atom. The molecule has 1 aliphatic heterocycles. The highest BCUT2D eigenvalue weighted by atomic mass is 19.1. The van der Waals surface area contributed by atoms with E-state index in [1.54, 1.807) is 26.0 Å². The van der Waals surface area contributed by atoms with E-state index in [4.69, 9.17) is 4.74 Å². The second-order valence-corrected chi connectivity index (χ2v) is 5.37. The van der Waals surface area contributed by atoms with Crippen molar-refractivity contribution in [3.05, 3.63) is 35.6 Å². The van der Waals surface area contributed by atoms with Crippen LogP contribution in [0.5, 0.6) is 0 Å². The molecular formula is C16H19FN2O3. The van der Waals surface area contributed by atoms with Crippen LogP contribution in [-0.2, 0) is 9.53 Å². The van der Waals surface area contributed by atoms with Crippen molar-refractivity contribution >= 4 is 17.7 Å². The smallest absolute Gasteiger partial charge is 0.341 e. The number of halogens is 1. The van der Waals surface area contributed by atoms with Crippen LogP contribution in [0.1, 0.15) is 38.8 Å². The molecular weight excluding hydrogens is 287 g/mol. The zero-order chi connectivity index (χ0) is 16.3. The van der Waals surface area contributed by atoms with Gasteiger partial charge in [-0.25, -0.2) is 14.2 Å². The van der Waals surface area contributed by atoms with Crippen molar-refractivity contribution in [3.63, 3.8) is 0 Å². The standard InChI is InChI=1S/C16H19FN2O3/c1-4-9(2)22-15(20)13-10(3)18-16(21)19-14(13)11-5-7-12(17)8-6-11/h5-9,13-14H,4H2,1-3H3,(H,19,21). The molecule has 1 aromatic carbocycles. The third kappa shape index (κ3) is 3.50. The summed E-state index contributed by atoms with van der Waals surface area (Å²) in [6, 6.07) is 4.55. The Morgan fingerprint density at radius 3 is 2.64 bits per heavy atom. The quantitative estimate of drug-likeness (QED) is 0.869. The van der Waals surface area contributed by atoms with Crippen molar-refractivity contribution in [2.75, 3.05) is 0 Å². The van der Waals surface area contributed by atoms with Crippen molar-refractivity contribution in [1.82, 2.24) is 5.32 Å². The zero-order valence-corrected chi connectivity index (χ0v) is 12.8. The van der Waals surface area contributed by atoms with E-state index in [2.05, 4.69) is 10.3 Å². The maximum atomic E-state index is 13.1. The van der Waals surface area contributed by atoms with Gasteiger partial charge in [-0.1, -0.05) is 19.1 Å². The number of carbonyl (C=O) groups excluding carboxylic acids is 2. The molecule has 3 atom stereocenters. The number of carbonyl (C=O) groups is 2. The van der Waals surface area contributed by atoms with Gasteiger partial charge in [-0.05, 0) is 38.0 Å². The summed E-state index contributed by atoms with van der Waals surface area (Å²) in [5, 5.41) is 2.66. The van der Waals surface area contributed by atoms with Crippen molar-refractivity contribution in [2.45, 2.75) is 39.3 Å². The number of aliphatic imine (C=N–C) groups is 1. The lowest BCUT2D eigenvalue weighted by Crippen LogP contribution is -2.44. The van der Waals surface area contributed by atoms with Crippen LogP contribution >= 0.6 is 0 Å². The SMILES string of the molecule is CCC(C)OC(=O)C1C(C)=NC(=O)NC1c1ccc(F)cc1. The fourth-order valence-electron chi connectivity index (χ4n) is 2.33. The van der Waals surface area contributed by atoms with Crippen LogP contribution in [0.25, 0.3) is 0 Å². The third-order valence-electron chi connectivity index (χ3n) is 3.72. The first-order valence-electron chi connectivity index (χ1n) is 7.24. The molecule has 1 heterocycles. The van der Waals surface area contributed by atoms with Gasteiger partial charge in [0.1, 0.15) is 11.7 Å². The maximum Gasteiger partial charge on any atom is 0.341 e. The van der Waals surface area contributed by atoms with Crippen molar-refractivity contribution in [2.24, 2.45) is 10.9 Å². The fourth-order valence-corrected chi connectivity index (χ4v) is 2.33. The van der Waals surface area contributed by atoms with Gasteiger partial charge in [-0.15, -0.1) is 0 Å². The number of urea groups is 1. The lowest BCUT2D eigenvalue weighted by atomic mass is 9.88. The Labute approximate surface area is 128 Å². The number of rotatable bonds is 4. The van der Waals surface area contributed by atoms with Gasteiger partial charge in [0.15, 0.2) is 0 Å². The van der Waals surface area contributed by atoms with E-state index in [0.29, 0.717) is 17.7 Å². The highest BCUT2D eigenvalue weighted by molar-refractivity contribution is 6.08. The molecule has 0 aromatic heterocycles. The number of esters is 1. The van der Waals surface area contributed by atoms with Crippen molar-refractivity contribution in [1.29, 1.82) is 0 Å². The number of hydrogen-bond donors (Lipinski definition) is 1. The summed E-state index contributed by atoms with van der Waals surface area (Å²) in [5.74, 6) is -1.53. The fraction of sp³-hybridized carbons (Fsp3) is 0.438. The van der Waals surface area contributed by atoms with E-state index in [-0.39, 0.29) is 11.9 Å². The Hall–Kier alpha value is -2.24. The van der Waals surface area contributed by atoms with E-state index >= 15 is 0 Å². The summed E-state index contributed by atoms with van der Waals surface area (Å²) < 4.78 is 18.5.